The molecule has 0 radical (unpaired) electrons. The van der Waals surface area contributed by atoms with Gasteiger partial charge >= 0.3 is 0 Å². The fourth-order valence-corrected chi connectivity index (χ4v) is 2.48. The average Bonchev–Trinajstić information content (AvgIpc) is 2.51. The predicted molar refractivity (Wildman–Crippen MR) is 88.9 cm³/mol. The monoisotopic (exact) mass is 294 g/mol. The van der Waals surface area contributed by atoms with E-state index in [0.717, 1.165) is 26.2 Å². The first-order valence-corrected chi connectivity index (χ1v) is 8.02. The van der Waals surface area contributed by atoms with Gasteiger partial charge in [0, 0.05) is 45.0 Å². The number of piperazine rings is 1. The molecule has 0 saturated carbocycles. The molecule has 1 aliphatic heterocycles. The van der Waals surface area contributed by atoms with E-state index in [0.29, 0.717) is 13.0 Å². The van der Waals surface area contributed by atoms with Crippen molar-refractivity contribution in [2.24, 2.45) is 0 Å². The molecule has 2 N–H and O–H groups in total. The molecule has 1 aromatic rings. The molecular weight excluding hydrogens is 264 g/mol. The molecule has 1 fully saturated rings. The molecule has 0 bridgehead atoms. The zero-order valence-electron chi connectivity index (χ0n) is 13.6. The van der Waals surface area contributed by atoms with Crippen LogP contribution in [0.3, 0.4) is 0 Å². The molecule has 120 valence electrons. The summed E-state index contributed by atoms with van der Waals surface area (Å²) < 4.78 is 0. The van der Waals surface area contributed by atoms with Crippen LogP contribution in [-0.2, 0) is 0 Å². The minimum Gasteiger partial charge on any atom is -0.396 e. The fourth-order valence-electron chi connectivity index (χ4n) is 2.48. The van der Waals surface area contributed by atoms with Crippen molar-refractivity contribution in [2.45, 2.75) is 33.3 Å². The van der Waals surface area contributed by atoms with Gasteiger partial charge in [-0.2, -0.15) is 0 Å². The molecule has 21 heavy (non-hydrogen) atoms. The summed E-state index contributed by atoms with van der Waals surface area (Å²) in [7, 11) is 0. The zero-order chi connectivity index (χ0) is 15.7. The van der Waals surface area contributed by atoms with Gasteiger partial charge in [-0.25, -0.2) is 0 Å². The Morgan fingerprint density at radius 1 is 1.05 bits per heavy atom. The lowest BCUT2D eigenvalue weighted by Crippen LogP contribution is -2.48. The molecule has 0 amide bonds. The molecule has 4 heteroatoms. The second kappa shape index (κ2) is 9.77. The summed E-state index contributed by atoms with van der Waals surface area (Å²) in [5.41, 5.74) is 2.57. The van der Waals surface area contributed by atoms with Gasteiger partial charge in [-0.3, -0.25) is 4.90 Å². The Balaban J connectivity index is 0.00000106. The lowest BCUT2D eigenvalue weighted by Gasteiger charge is -2.36. The van der Waals surface area contributed by atoms with Crippen molar-refractivity contribution in [2.75, 3.05) is 44.2 Å². The number of aliphatic hydroxyl groups is 2. The van der Waals surface area contributed by atoms with Crippen LogP contribution in [-0.4, -0.2) is 60.5 Å². The molecule has 0 aliphatic carbocycles. The molecule has 0 aromatic heterocycles. The smallest absolute Gasteiger partial charge is 0.0689 e. The van der Waals surface area contributed by atoms with E-state index in [9.17, 15) is 5.11 Å². The number of nitrogens with zero attached hydrogens (tertiary/aromatic N) is 2. The van der Waals surface area contributed by atoms with Crippen LogP contribution in [0.5, 0.6) is 0 Å². The minimum atomic E-state index is -0.407. The van der Waals surface area contributed by atoms with Crippen molar-refractivity contribution in [1.82, 2.24) is 4.90 Å². The number of aliphatic hydroxyl groups excluding tert-OH is 2. The van der Waals surface area contributed by atoms with Crippen LogP contribution in [0.1, 0.15) is 25.8 Å². The molecule has 2 rings (SSSR count). The molecule has 4 nitrogen and oxygen atoms in total. The van der Waals surface area contributed by atoms with E-state index in [1.165, 1.54) is 11.3 Å². The average molecular weight is 294 g/mol. The van der Waals surface area contributed by atoms with E-state index in [-0.39, 0.29) is 6.61 Å². The SMILES string of the molecule is CC.Cc1ccc(N2CCN(CC(O)CCO)CC2)cc1. The Labute approximate surface area is 129 Å². The molecule has 1 atom stereocenters. The highest BCUT2D eigenvalue weighted by Gasteiger charge is 2.19. The van der Waals surface area contributed by atoms with Gasteiger partial charge in [0.1, 0.15) is 0 Å². The zero-order valence-corrected chi connectivity index (χ0v) is 13.6. The third kappa shape index (κ3) is 6.04. The summed E-state index contributed by atoms with van der Waals surface area (Å²) in [6.45, 7) is 10.8. The molecule has 1 heterocycles. The summed E-state index contributed by atoms with van der Waals surface area (Å²) in [5.74, 6) is 0. The Morgan fingerprint density at radius 3 is 2.14 bits per heavy atom. The number of anilines is 1. The van der Waals surface area contributed by atoms with Crippen molar-refractivity contribution in [1.29, 1.82) is 0 Å². The van der Waals surface area contributed by atoms with Gasteiger partial charge in [0.2, 0.25) is 0 Å². The number of benzene rings is 1. The summed E-state index contributed by atoms with van der Waals surface area (Å²) in [4.78, 5) is 4.65. The van der Waals surface area contributed by atoms with Crippen molar-refractivity contribution in [3.8, 4) is 0 Å². The second-order valence-electron chi connectivity index (χ2n) is 5.29. The third-order valence-electron chi connectivity index (χ3n) is 3.70. The maximum absolute atomic E-state index is 9.70. The van der Waals surface area contributed by atoms with Crippen LogP contribution in [0.25, 0.3) is 0 Å². The van der Waals surface area contributed by atoms with Crippen LogP contribution in [0.4, 0.5) is 5.69 Å². The fraction of sp³-hybridized carbons (Fsp3) is 0.647. The van der Waals surface area contributed by atoms with E-state index in [1.54, 1.807) is 0 Å². The quantitative estimate of drug-likeness (QED) is 0.870. The van der Waals surface area contributed by atoms with Crippen LogP contribution in [0.15, 0.2) is 24.3 Å². The van der Waals surface area contributed by atoms with Crippen molar-refractivity contribution >= 4 is 5.69 Å². The maximum Gasteiger partial charge on any atom is 0.0689 e. The van der Waals surface area contributed by atoms with Crippen LogP contribution < -0.4 is 4.90 Å². The summed E-state index contributed by atoms with van der Waals surface area (Å²) in [6.07, 6.45) is 0.0639. The first-order valence-electron chi connectivity index (χ1n) is 8.02. The molecule has 1 saturated heterocycles. The largest absolute Gasteiger partial charge is 0.396 e. The third-order valence-corrected chi connectivity index (χ3v) is 3.70. The summed E-state index contributed by atoms with van der Waals surface area (Å²) in [6, 6.07) is 8.64. The summed E-state index contributed by atoms with van der Waals surface area (Å²) >= 11 is 0. The van der Waals surface area contributed by atoms with E-state index >= 15 is 0 Å². The molecule has 1 aromatic carbocycles. The number of aryl methyl sites for hydroxylation is 1. The Bertz CT molecular complexity index is 373. The van der Waals surface area contributed by atoms with Crippen LogP contribution >= 0.6 is 0 Å². The minimum absolute atomic E-state index is 0.0600. The van der Waals surface area contributed by atoms with Gasteiger partial charge in [0.05, 0.1) is 6.10 Å². The van der Waals surface area contributed by atoms with Gasteiger partial charge in [0.25, 0.3) is 0 Å². The first-order chi connectivity index (χ1) is 10.2. The van der Waals surface area contributed by atoms with E-state index < -0.39 is 6.10 Å². The number of β-amino-alcohol motifs (C(OH)–C–C–N with tert-alkyl or cyclic N) is 1. The highest BCUT2D eigenvalue weighted by atomic mass is 16.3. The predicted octanol–water partition coefficient (Wildman–Crippen LogP) is 1.89. The van der Waals surface area contributed by atoms with Crippen molar-refractivity contribution in [3.05, 3.63) is 29.8 Å². The molecular formula is C17H30N2O2. The molecule has 1 aliphatic rings. The Kier molecular flexibility index (Phi) is 8.35. The lowest BCUT2D eigenvalue weighted by molar-refractivity contribution is 0.0851. The topological polar surface area (TPSA) is 46.9 Å². The van der Waals surface area contributed by atoms with Crippen molar-refractivity contribution < 1.29 is 10.2 Å². The normalized spacial score (nSPS) is 17.1. The molecule has 1 unspecified atom stereocenters. The van der Waals surface area contributed by atoms with Gasteiger partial charge in [-0.05, 0) is 25.5 Å². The standard InChI is InChI=1S/C15H24N2O2.C2H6/c1-13-2-4-14(5-3-13)17-9-7-16(8-10-17)12-15(19)6-11-18;1-2/h2-5,15,18-19H,6-12H2,1H3;1-2H3. The number of hydrogen-bond donors (Lipinski definition) is 2. The second-order valence-corrected chi connectivity index (χ2v) is 5.29. The lowest BCUT2D eigenvalue weighted by atomic mass is 10.2. The van der Waals surface area contributed by atoms with Gasteiger partial charge in [0.15, 0.2) is 0 Å². The maximum atomic E-state index is 9.70. The van der Waals surface area contributed by atoms with Gasteiger partial charge in [-0.15, -0.1) is 0 Å². The summed E-state index contributed by atoms with van der Waals surface area (Å²) in [5, 5.41) is 18.5. The van der Waals surface area contributed by atoms with Gasteiger partial charge < -0.3 is 15.1 Å². The Morgan fingerprint density at radius 2 is 1.62 bits per heavy atom. The van der Waals surface area contributed by atoms with Crippen LogP contribution in [0.2, 0.25) is 0 Å². The van der Waals surface area contributed by atoms with E-state index in [4.69, 9.17) is 5.11 Å². The van der Waals surface area contributed by atoms with Crippen LogP contribution in [0, 0.1) is 6.92 Å². The molecule has 0 spiro atoms. The highest BCUT2D eigenvalue weighted by molar-refractivity contribution is 5.47. The van der Waals surface area contributed by atoms with Gasteiger partial charge in [-0.1, -0.05) is 31.5 Å². The first kappa shape index (κ1) is 18.0. The highest BCUT2D eigenvalue weighted by Crippen LogP contribution is 2.17. The van der Waals surface area contributed by atoms with E-state index in [2.05, 4.69) is 41.0 Å². The van der Waals surface area contributed by atoms with E-state index in [1.807, 2.05) is 13.8 Å². The Hall–Kier alpha value is -1.10. The van der Waals surface area contributed by atoms with Crippen molar-refractivity contribution in [3.63, 3.8) is 0 Å². The number of hydrogen-bond acceptors (Lipinski definition) is 4. The number of rotatable bonds is 5.